The number of hydrogen-bond donors (Lipinski definition) is 0. The molecule has 228 valence electrons. The highest BCUT2D eigenvalue weighted by atomic mass is 32.2. The maximum atomic E-state index is 12.8. The molecule has 0 aromatic rings. The molecular formula is C30H54O6S3. The van der Waals surface area contributed by atoms with Gasteiger partial charge in [0, 0.05) is 0 Å². The van der Waals surface area contributed by atoms with Crippen LogP contribution in [0.5, 0.6) is 0 Å². The Balaban J connectivity index is 3.67. The summed E-state index contributed by atoms with van der Waals surface area (Å²) in [5, 5.41) is 0. The molecule has 0 atom stereocenters. The van der Waals surface area contributed by atoms with Crippen LogP contribution in [-0.2, 0) is 28.6 Å². The number of ether oxygens (including phenoxy) is 3. The van der Waals surface area contributed by atoms with Crippen molar-refractivity contribution in [3.05, 3.63) is 0 Å². The zero-order valence-electron chi connectivity index (χ0n) is 25.9. The average molecular weight is 607 g/mol. The van der Waals surface area contributed by atoms with Gasteiger partial charge in [-0.15, -0.1) is 0 Å². The van der Waals surface area contributed by atoms with E-state index >= 15 is 0 Å². The fraction of sp³-hybridized carbons (Fsp3) is 0.900. The van der Waals surface area contributed by atoms with E-state index in [-0.39, 0.29) is 35.7 Å². The summed E-state index contributed by atoms with van der Waals surface area (Å²) >= 11 is 4.41. The minimum Gasteiger partial charge on any atom is -0.458 e. The molecular weight excluding hydrogens is 553 g/mol. The molecule has 0 aliphatic heterocycles. The van der Waals surface area contributed by atoms with Gasteiger partial charge in [0.1, 0.15) is 16.8 Å². The molecule has 0 aromatic carbocycles. The molecule has 1 aliphatic carbocycles. The van der Waals surface area contributed by atoms with Gasteiger partial charge in [-0.1, -0.05) is 41.5 Å². The smallest absolute Gasteiger partial charge is 0.316 e. The van der Waals surface area contributed by atoms with Crippen LogP contribution in [0.4, 0.5) is 0 Å². The van der Waals surface area contributed by atoms with Gasteiger partial charge in [0.2, 0.25) is 0 Å². The lowest BCUT2D eigenvalue weighted by Crippen LogP contribution is -2.55. The molecule has 0 N–H and O–H groups in total. The molecule has 1 saturated carbocycles. The van der Waals surface area contributed by atoms with Gasteiger partial charge in [-0.2, -0.15) is 35.3 Å². The maximum Gasteiger partial charge on any atom is 0.316 e. The van der Waals surface area contributed by atoms with Crippen LogP contribution in [0.2, 0.25) is 0 Å². The minimum absolute atomic E-state index is 0.0653. The largest absolute Gasteiger partial charge is 0.458 e. The fourth-order valence-electron chi connectivity index (χ4n) is 6.89. The molecule has 0 bridgehead atoms. The van der Waals surface area contributed by atoms with E-state index in [0.29, 0.717) is 55.8 Å². The molecule has 0 aromatic heterocycles. The Labute approximate surface area is 251 Å². The minimum atomic E-state index is -0.614. The first-order chi connectivity index (χ1) is 18.5. The summed E-state index contributed by atoms with van der Waals surface area (Å²) in [4.78, 5) is 38.5. The summed E-state index contributed by atoms with van der Waals surface area (Å²) in [7, 11) is 0. The van der Waals surface area contributed by atoms with Gasteiger partial charge in [-0.3, -0.25) is 14.4 Å². The van der Waals surface area contributed by atoms with Crippen molar-refractivity contribution in [2.75, 3.05) is 36.0 Å². The van der Waals surface area contributed by atoms with Crippen molar-refractivity contribution in [1.82, 2.24) is 0 Å². The van der Waals surface area contributed by atoms with Crippen LogP contribution in [0.1, 0.15) is 99.3 Å². The van der Waals surface area contributed by atoms with Gasteiger partial charge in [0.25, 0.3) is 0 Å². The van der Waals surface area contributed by atoms with Crippen molar-refractivity contribution in [3.8, 4) is 0 Å². The molecule has 0 unspecified atom stereocenters. The van der Waals surface area contributed by atoms with Gasteiger partial charge in [-0.25, -0.2) is 0 Å². The van der Waals surface area contributed by atoms with Crippen molar-refractivity contribution in [2.45, 2.75) is 116 Å². The van der Waals surface area contributed by atoms with E-state index < -0.39 is 16.8 Å². The van der Waals surface area contributed by atoms with Gasteiger partial charge in [0.15, 0.2) is 0 Å². The van der Waals surface area contributed by atoms with Crippen LogP contribution < -0.4 is 0 Å². The van der Waals surface area contributed by atoms with E-state index in [1.165, 1.54) is 35.3 Å². The molecule has 9 heteroatoms. The topological polar surface area (TPSA) is 78.9 Å². The van der Waals surface area contributed by atoms with Crippen LogP contribution in [0, 0.1) is 17.8 Å². The maximum absolute atomic E-state index is 12.8. The second kappa shape index (κ2) is 17.4. The Kier molecular flexibility index (Phi) is 16.3. The third-order valence-corrected chi connectivity index (χ3v) is 10.8. The molecule has 0 heterocycles. The Morgan fingerprint density at radius 2 is 0.718 bits per heavy atom. The summed E-state index contributed by atoms with van der Waals surface area (Å²) in [5.74, 6) is 0.610. The quantitative estimate of drug-likeness (QED) is 0.117. The highest BCUT2D eigenvalue weighted by Gasteiger charge is 2.54. The van der Waals surface area contributed by atoms with Crippen LogP contribution in [0.15, 0.2) is 0 Å². The zero-order valence-corrected chi connectivity index (χ0v) is 28.3. The van der Waals surface area contributed by atoms with Crippen LogP contribution in [-0.4, -0.2) is 70.7 Å². The molecule has 0 saturated heterocycles. The summed E-state index contributed by atoms with van der Waals surface area (Å²) in [6, 6.07) is 0. The summed E-state index contributed by atoms with van der Waals surface area (Å²) < 4.78 is 19.0. The SMILES string of the molecule is CCC(CC)(OC(=O)CSC)C1CC(C(CC)(CC)OC(=O)CSC)CC(C(CC)(CC)OC(=O)CSC)C1. The van der Waals surface area contributed by atoms with Crippen molar-refractivity contribution in [2.24, 2.45) is 17.8 Å². The predicted octanol–water partition coefficient (Wildman–Crippen LogP) is 7.41. The fourth-order valence-corrected chi connectivity index (χ4v) is 7.78. The Morgan fingerprint density at radius 3 is 0.872 bits per heavy atom. The van der Waals surface area contributed by atoms with Crippen LogP contribution in [0.25, 0.3) is 0 Å². The molecule has 39 heavy (non-hydrogen) atoms. The van der Waals surface area contributed by atoms with E-state index in [2.05, 4.69) is 41.5 Å². The normalized spacial score (nSPS) is 20.4. The van der Waals surface area contributed by atoms with E-state index in [4.69, 9.17) is 14.2 Å². The second-order valence-corrected chi connectivity index (χ2v) is 13.4. The summed E-state index contributed by atoms with van der Waals surface area (Å²) in [6.45, 7) is 12.6. The van der Waals surface area contributed by atoms with Gasteiger partial charge < -0.3 is 14.2 Å². The van der Waals surface area contributed by atoms with E-state index in [1.54, 1.807) is 0 Å². The highest BCUT2D eigenvalue weighted by molar-refractivity contribution is 7.99. The summed E-state index contributed by atoms with van der Waals surface area (Å²) in [5.41, 5.74) is -1.84. The molecule has 1 aliphatic rings. The lowest BCUT2D eigenvalue weighted by molar-refractivity contribution is -0.191. The van der Waals surface area contributed by atoms with Crippen molar-refractivity contribution < 1.29 is 28.6 Å². The number of thioether (sulfide) groups is 3. The number of hydrogen-bond acceptors (Lipinski definition) is 9. The molecule has 1 fully saturated rings. The lowest BCUT2D eigenvalue weighted by Gasteiger charge is -2.53. The summed E-state index contributed by atoms with van der Waals surface area (Å²) in [6.07, 6.45) is 12.4. The standard InChI is InChI=1S/C30H54O6S3/c1-10-28(11-2,34-25(31)19-37-7)22-16-23(29(12-3,13-4)35-26(32)20-38-8)18-24(17-22)30(14-5,15-6)36-27(33)21-39-9/h22-24H,10-21H2,1-9H3. The van der Waals surface area contributed by atoms with Crippen molar-refractivity contribution in [3.63, 3.8) is 0 Å². The highest BCUT2D eigenvalue weighted by Crippen LogP contribution is 2.53. The van der Waals surface area contributed by atoms with E-state index in [1.807, 2.05) is 18.8 Å². The first-order valence-electron chi connectivity index (χ1n) is 14.7. The Morgan fingerprint density at radius 1 is 0.513 bits per heavy atom. The molecule has 1 rings (SSSR count). The van der Waals surface area contributed by atoms with Gasteiger partial charge >= 0.3 is 17.9 Å². The third kappa shape index (κ3) is 9.22. The first-order valence-corrected chi connectivity index (χ1v) is 18.8. The molecule has 0 spiro atoms. The average Bonchev–Trinajstić information content (AvgIpc) is 2.93. The number of carbonyl (C=O) groups is 3. The van der Waals surface area contributed by atoms with E-state index in [0.717, 1.165) is 19.3 Å². The Hall–Kier alpha value is -0.540. The molecule has 0 radical (unpaired) electrons. The molecule has 6 nitrogen and oxygen atoms in total. The second-order valence-electron chi connectivity index (χ2n) is 10.8. The lowest BCUT2D eigenvalue weighted by atomic mass is 9.58. The first kappa shape index (κ1) is 36.5. The monoisotopic (exact) mass is 606 g/mol. The van der Waals surface area contributed by atoms with E-state index in [9.17, 15) is 14.4 Å². The third-order valence-electron chi connectivity index (χ3n) is 9.27. The number of carbonyl (C=O) groups excluding carboxylic acids is 3. The zero-order chi connectivity index (χ0) is 29.7. The van der Waals surface area contributed by atoms with Gasteiger partial charge in [0.05, 0.1) is 17.3 Å². The van der Waals surface area contributed by atoms with Crippen LogP contribution in [0.3, 0.4) is 0 Å². The van der Waals surface area contributed by atoms with Crippen molar-refractivity contribution in [1.29, 1.82) is 0 Å². The number of rotatable bonds is 18. The number of esters is 3. The van der Waals surface area contributed by atoms with Crippen LogP contribution >= 0.6 is 35.3 Å². The Bertz CT molecular complexity index is 656. The van der Waals surface area contributed by atoms with Gasteiger partial charge in [-0.05, 0) is 94.3 Å². The predicted molar refractivity (Wildman–Crippen MR) is 168 cm³/mol. The van der Waals surface area contributed by atoms with Crippen molar-refractivity contribution >= 4 is 53.2 Å². The molecule has 0 amide bonds.